The van der Waals surface area contributed by atoms with Gasteiger partial charge >= 0.3 is 0 Å². The molecule has 0 saturated carbocycles. The maximum atomic E-state index is 6.53. The fourth-order valence-electron chi connectivity index (χ4n) is 7.22. The molecule has 0 saturated heterocycles. The predicted octanol–water partition coefficient (Wildman–Crippen LogP) is 16.6. The molecule has 0 radical (unpaired) electrons. The number of para-hydroxylation sites is 4. The van der Waals surface area contributed by atoms with Gasteiger partial charge in [-0.2, -0.15) is 0 Å². The van der Waals surface area contributed by atoms with E-state index in [1.165, 1.54) is 31.0 Å². The Labute approximate surface area is 418 Å². The van der Waals surface area contributed by atoms with Gasteiger partial charge in [0.2, 0.25) is 0 Å². The Balaban J connectivity index is 0.000000494. The van der Waals surface area contributed by atoms with Crippen molar-refractivity contribution in [2.75, 3.05) is 20.1 Å². The molecule has 0 aromatic heterocycles. The first-order valence-electron chi connectivity index (χ1n) is 22.8. The van der Waals surface area contributed by atoms with E-state index in [0.717, 1.165) is 45.3 Å². The van der Waals surface area contributed by atoms with E-state index in [1.54, 1.807) is 46.9 Å². The molecule has 0 atom stereocenters. The van der Waals surface area contributed by atoms with Gasteiger partial charge in [0.25, 0.3) is 0 Å². The molecular weight excluding hydrogens is 883 g/mol. The summed E-state index contributed by atoms with van der Waals surface area (Å²) in [4.78, 5) is 9.51. The van der Waals surface area contributed by atoms with Gasteiger partial charge in [-0.25, -0.2) is 5.84 Å². The van der Waals surface area contributed by atoms with E-state index in [2.05, 4.69) is 162 Å². The van der Waals surface area contributed by atoms with Crippen LogP contribution in [0, 0.1) is 0 Å². The number of hydrazine groups is 1. The SMILES string of the molecule is C/C=C\C=C/C.C=C/C=C\C=C.CC.N/C(=C\Nc1ccc(N2c3ccccc3Sc3ccccc32)cc1)c1ccc(/C(N)=C/N(N)c2ccc(N3c4ccccc4Sc4ccccc43)cc2)cc1. The second-order valence-electron chi connectivity index (χ2n) is 15.0. The van der Waals surface area contributed by atoms with E-state index in [-0.39, 0.29) is 0 Å². The van der Waals surface area contributed by atoms with Gasteiger partial charge in [0.15, 0.2) is 0 Å². The second-order valence-corrected chi connectivity index (χ2v) is 17.2. The molecule has 348 valence electrons. The van der Waals surface area contributed by atoms with Crippen molar-refractivity contribution < 1.29 is 0 Å². The number of hydrogen-bond acceptors (Lipinski definition) is 9. The highest BCUT2D eigenvalue weighted by Crippen LogP contribution is 2.52. The monoisotopic (exact) mass is 943 g/mol. The van der Waals surface area contributed by atoms with Crippen molar-refractivity contribution in [1.82, 2.24) is 0 Å². The highest BCUT2D eigenvalue weighted by Gasteiger charge is 2.25. The molecule has 2 aliphatic heterocycles. The Kier molecular flexibility index (Phi) is 19.0. The van der Waals surface area contributed by atoms with E-state index in [0.29, 0.717) is 11.4 Å². The first kappa shape index (κ1) is 50.6. The Morgan fingerprint density at radius 1 is 0.493 bits per heavy atom. The maximum absolute atomic E-state index is 6.53. The third kappa shape index (κ3) is 13.0. The van der Waals surface area contributed by atoms with E-state index >= 15 is 0 Å². The maximum Gasteiger partial charge on any atom is 0.0601 e. The highest BCUT2D eigenvalue weighted by molar-refractivity contribution is 8.00. The van der Waals surface area contributed by atoms with Crippen LogP contribution < -0.4 is 37.4 Å². The van der Waals surface area contributed by atoms with Crippen LogP contribution in [0.4, 0.5) is 45.5 Å². The standard InChI is InChI=1S/C46H37N7S2.C6H10.C6H8.C2H6/c47-37(29-50-33-21-23-35(24-22-33)52-39-9-1-5-13-43(39)54-44-14-6-2-10-40(44)52)31-17-19-32(20-18-31)38(48)30-51(49)34-25-27-36(28-26-34)53-41-11-3-7-15-45(41)55-46-16-8-4-12-42(46)53;2*1-3-5-6-4-2;1-2/h1-30,50H,47-49H2;3-6H,1-2H3;3-6H,1-2H2;1-2H3/b37-29-,38-30-;5-3-,6-4-;6-5-;. The minimum absolute atomic E-state index is 0.535. The molecule has 2 heterocycles. The lowest BCUT2D eigenvalue weighted by atomic mass is 10.1. The molecular formula is C60H61N7S2. The average molecular weight is 944 g/mol. The van der Waals surface area contributed by atoms with Crippen LogP contribution in [0.5, 0.6) is 0 Å². The zero-order chi connectivity index (χ0) is 49.0. The summed E-state index contributed by atoms with van der Waals surface area (Å²) in [5.41, 5.74) is 24.4. The van der Waals surface area contributed by atoms with Gasteiger partial charge < -0.3 is 26.6 Å². The average Bonchev–Trinajstić information content (AvgIpc) is 3.41. The van der Waals surface area contributed by atoms with E-state index in [1.807, 2.05) is 107 Å². The summed E-state index contributed by atoms with van der Waals surface area (Å²) < 4.78 is 0. The van der Waals surface area contributed by atoms with E-state index in [4.69, 9.17) is 17.3 Å². The predicted molar refractivity (Wildman–Crippen MR) is 302 cm³/mol. The topological polar surface area (TPSA) is 99.8 Å². The van der Waals surface area contributed by atoms with Gasteiger partial charge in [-0.05, 0) is 122 Å². The van der Waals surface area contributed by atoms with Gasteiger partial charge in [-0.1, -0.05) is 172 Å². The second kappa shape index (κ2) is 25.9. The van der Waals surface area contributed by atoms with Crippen LogP contribution in [-0.4, -0.2) is 0 Å². The molecule has 7 aromatic carbocycles. The number of nitrogens with one attached hydrogen (secondary N) is 1. The molecule has 7 N–H and O–H groups in total. The van der Waals surface area contributed by atoms with Crippen molar-refractivity contribution in [2.24, 2.45) is 17.3 Å². The van der Waals surface area contributed by atoms with Crippen molar-refractivity contribution in [3.63, 3.8) is 0 Å². The zero-order valence-corrected chi connectivity index (χ0v) is 41.4. The third-order valence-corrected chi connectivity index (χ3v) is 12.8. The number of nitrogens with two attached hydrogens (primary N) is 3. The molecule has 7 aromatic rings. The molecule has 0 amide bonds. The van der Waals surface area contributed by atoms with Crippen LogP contribution in [0.15, 0.2) is 264 Å². The Hall–Kier alpha value is -7.82. The third-order valence-electron chi connectivity index (χ3n) is 10.5. The highest BCUT2D eigenvalue weighted by atomic mass is 32.2. The molecule has 2 aliphatic rings. The number of benzene rings is 7. The summed E-state index contributed by atoms with van der Waals surface area (Å²) in [6.45, 7) is 14.9. The summed E-state index contributed by atoms with van der Waals surface area (Å²) in [6.07, 6.45) is 18.6. The molecule has 0 fully saturated rings. The zero-order valence-electron chi connectivity index (χ0n) is 39.7. The van der Waals surface area contributed by atoms with Crippen LogP contribution in [0.25, 0.3) is 11.4 Å². The molecule has 0 spiro atoms. The molecule has 69 heavy (non-hydrogen) atoms. The van der Waals surface area contributed by atoms with Crippen molar-refractivity contribution >= 4 is 80.4 Å². The van der Waals surface area contributed by atoms with Crippen LogP contribution in [0.2, 0.25) is 0 Å². The first-order chi connectivity index (χ1) is 33.8. The lowest BCUT2D eigenvalue weighted by Gasteiger charge is -2.33. The summed E-state index contributed by atoms with van der Waals surface area (Å²) in [5.74, 6) is 6.50. The van der Waals surface area contributed by atoms with Gasteiger partial charge in [0.05, 0.1) is 39.8 Å². The van der Waals surface area contributed by atoms with Crippen molar-refractivity contribution in [3.8, 4) is 0 Å². The first-order valence-corrected chi connectivity index (χ1v) is 24.5. The lowest BCUT2D eigenvalue weighted by Crippen LogP contribution is -2.25. The fourth-order valence-corrected chi connectivity index (χ4v) is 9.34. The normalized spacial score (nSPS) is 12.5. The van der Waals surface area contributed by atoms with Gasteiger partial charge in [-0.3, -0.25) is 5.01 Å². The number of rotatable bonds is 11. The van der Waals surface area contributed by atoms with Crippen LogP contribution in [-0.2, 0) is 0 Å². The smallest absolute Gasteiger partial charge is 0.0601 e. The van der Waals surface area contributed by atoms with Gasteiger partial charge in [0.1, 0.15) is 0 Å². The summed E-state index contributed by atoms with van der Waals surface area (Å²) in [5, 5.41) is 4.90. The fraction of sp³-hybridized carbons (Fsp3) is 0.0667. The number of fused-ring (bicyclic) bond motifs is 4. The Morgan fingerprint density at radius 2 is 0.855 bits per heavy atom. The molecule has 9 heteroatoms. The minimum Gasteiger partial charge on any atom is -0.397 e. The van der Waals surface area contributed by atoms with Crippen LogP contribution >= 0.6 is 23.5 Å². The van der Waals surface area contributed by atoms with E-state index < -0.39 is 0 Å². The number of nitrogens with zero attached hydrogens (tertiary/aromatic N) is 3. The molecule has 0 unspecified atom stereocenters. The Bertz CT molecular complexity index is 2820. The lowest BCUT2D eigenvalue weighted by molar-refractivity contribution is 1.07. The summed E-state index contributed by atoms with van der Waals surface area (Å²) in [6, 6.07) is 58.3. The van der Waals surface area contributed by atoms with Gasteiger partial charge in [0, 0.05) is 49.0 Å². The van der Waals surface area contributed by atoms with Crippen LogP contribution in [0.3, 0.4) is 0 Å². The quantitative estimate of drug-likeness (QED) is 0.0574. The molecule has 7 nitrogen and oxygen atoms in total. The number of hydrogen-bond donors (Lipinski definition) is 4. The van der Waals surface area contributed by atoms with E-state index in [9.17, 15) is 0 Å². The van der Waals surface area contributed by atoms with Crippen molar-refractivity contribution in [3.05, 3.63) is 255 Å². The molecule has 0 aliphatic carbocycles. The Morgan fingerprint density at radius 3 is 1.23 bits per heavy atom. The molecule has 9 rings (SSSR count). The van der Waals surface area contributed by atoms with Crippen molar-refractivity contribution in [1.29, 1.82) is 0 Å². The minimum atomic E-state index is 0.535. The summed E-state index contributed by atoms with van der Waals surface area (Å²) in [7, 11) is 0. The largest absolute Gasteiger partial charge is 0.397 e. The van der Waals surface area contributed by atoms with Crippen LogP contribution in [0.1, 0.15) is 38.8 Å². The summed E-state index contributed by atoms with van der Waals surface area (Å²) >= 11 is 3.60. The molecule has 0 bridgehead atoms. The van der Waals surface area contributed by atoms with Gasteiger partial charge in [-0.15, -0.1) is 0 Å². The number of allylic oxidation sites excluding steroid dienone is 8. The van der Waals surface area contributed by atoms with Crippen molar-refractivity contribution in [2.45, 2.75) is 47.3 Å². The number of anilines is 8.